The highest BCUT2D eigenvalue weighted by Crippen LogP contribution is 2.20. The minimum absolute atomic E-state index is 0.132. The van der Waals surface area contributed by atoms with Crippen molar-refractivity contribution in [3.05, 3.63) is 0 Å². The first-order valence-electron chi connectivity index (χ1n) is 6.83. The number of rotatable bonds is 3. The smallest absolute Gasteiger partial charge is 0.292 e. The van der Waals surface area contributed by atoms with Gasteiger partial charge in [-0.3, -0.25) is 4.90 Å². The Kier molecular flexibility index (Phi) is 4.93. The van der Waals surface area contributed by atoms with Crippen molar-refractivity contribution >= 4 is 10.2 Å². The van der Waals surface area contributed by atoms with Gasteiger partial charge in [0.1, 0.15) is 0 Å². The molecule has 0 radical (unpaired) electrons. The van der Waals surface area contributed by atoms with E-state index >= 15 is 0 Å². The molecule has 2 aliphatic heterocycles. The van der Waals surface area contributed by atoms with Gasteiger partial charge >= 0.3 is 6.18 Å². The van der Waals surface area contributed by atoms with Crippen LogP contribution in [0.4, 0.5) is 13.2 Å². The number of halogens is 3. The van der Waals surface area contributed by atoms with Gasteiger partial charge in [-0.05, 0) is 12.8 Å². The summed E-state index contributed by atoms with van der Waals surface area (Å²) in [5.74, 6) is 0. The molecule has 2 aliphatic rings. The molecule has 20 heavy (non-hydrogen) atoms. The van der Waals surface area contributed by atoms with Gasteiger partial charge in [0.15, 0.2) is 0 Å². The van der Waals surface area contributed by atoms with Gasteiger partial charge in [0, 0.05) is 39.3 Å². The second kappa shape index (κ2) is 6.17. The molecule has 0 spiro atoms. The molecule has 0 bridgehead atoms. The monoisotopic (exact) mass is 315 g/mol. The summed E-state index contributed by atoms with van der Waals surface area (Å²) in [6.07, 6.45) is -1.49. The van der Waals surface area contributed by atoms with E-state index in [-0.39, 0.29) is 26.2 Å². The summed E-state index contributed by atoms with van der Waals surface area (Å²) < 4.78 is 64.3. The van der Waals surface area contributed by atoms with E-state index in [0.29, 0.717) is 13.1 Å². The third-order valence-electron chi connectivity index (χ3n) is 3.70. The molecule has 2 fully saturated rings. The van der Waals surface area contributed by atoms with Crippen LogP contribution in [0.25, 0.3) is 0 Å². The molecular formula is C11H20F3N3O2S. The SMILES string of the molecule is O=S(=O)(N1CCCCC1)N1CCN(CC(F)(F)F)CC1. The van der Waals surface area contributed by atoms with Crippen LogP contribution in [0.1, 0.15) is 19.3 Å². The summed E-state index contributed by atoms with van der Waals surface area (Å²) in [6.45, 7) is 0.601. The zero-order valence-electron chi connectivity index (χ0n) is 11.3. The minimum Gasteiger partial charge on any atom is -0.292 e. The maximum atomic E-state index is 12.3. The standard InChI is InChI=1S/C11H20F3N3O2S/c12-11(13,14)10-15-6-8-17(9-7-15)20(18,19)16-4-2-1-3-5-16/h1-10H2. The van der Waals surface area contributed by atoms with Gasteiger partial charge in [-0.2, -0.15) is 30.2 Å². The second-order valence-electron chi connectivity index (χ2n) is 5.26. The molecule has 0 N–H and O–H groups in total. The van der Waals surface area contributed by atoms with E-state index in [0.717, 1.165) is 19.3 Å². The lowest BCUT2D eigenvalue weighted by atomic mass is 10.2. The first-order chi connectivity index (χ1) is 9.29. The van der Waals surface area contributed by atoms with Crippen LogP contribution in [0.5, 0.6) is 0 Å². The lowest BCUT2D eigenvalue weighted by Gasteiger charge is -2.37. The Labute approximate surface area is 117 Å². The first kappa shape index (κ1) is 16.0. The summed E-state index contributed by atoms with van der Waals surface area (Å²) >= 11 is 0. The van der Waals surface area contributed by atoms with Crippen molar-refractivity contribution in [2.45, 2.75) is 25.4 Å². The molecule has 0 unspecified atom stereocenters. The molecule has 0 aromatic rings. The van der Waals surface area contributed by atoms with Crippen molar-refractivity contribution in [3.8, 4) is 0 Å². The predicted octanol–water partition coefficient (Wildman–Crippen LogP) is 0.897. The second-order valence-corrected chi connectivity index (χ2v) is 7.19. The molecule has 0 saturated carbocycles. The molecule has 2 rings (SSSR count). The van der Waals surface area contributed by atoms with Crippen molar-refractivity contribution in [2.75, 3.05) is 45.8 Å². The molecule has 2 saturated heterocycles. The van der Waals surface area contributed by atoms with Crippen LogP contribution in [0.15, 0.2) is 0 Å². The number of hydrogen-bond acceptors (Lipinski definition) is 3. The van der Waals surface area contributed by atoms with Crippen LogP contribution >= 0.6 is 0 Å². The van der Waals surface area contributed by atoms with Gasteiger partial charge in [-0.15, -0.1) is 0 Å². The summed E-state index contributed by atoms with van der Waals surface area (Å²) in [5, 5.41) is 0. The van der Waals surface area contributed by atoms with E-state index < -0.39 is 22.9 Å². The number of piperidine rings is 1. The van der Waals surface area contributed by atoms with E-state index in [1.807, 2.05) is 0 Å². The fourth-order valence-electron chi connectivity index (χ4n) is 2.63. The topological polar surface area (TPSA) is 43.9 Å². The third kappa shape index (κ3) is 4.06. The Bertz CT molecular complexity index is 413. The minimum atomic E-state index is -4.23. The van der Waals surface area contributed by atoms with E-state index in [9.17, 15) is 21.6 Å². The molecule has 0 aromatic carbocycles. The van der Waals surface area contributed by atoms with Gasteiger partial charge in [0.2, 0.25) is 0 Å². The average Bonchev–Trinajstić information content (AvgIpc) is 2.38. The Hall–Kier alpha value is -0.380. The van der Waals surface area contributed by atoms with Gasteiger partial charge in [-0.25, -0.2) is 0 Å². The summed E-state index contributed by atoms with van der Waals surface area (Å²) in [4.78, 5) is 1.25. The van der Waals surface area contributed by atoms with E-state index in [2.05, 4.69) is 0 Å². The predicted molar refractivity (Wildman–Crippen MR) is 68.4 cm³/mol. The Balaban J connectivity index is 1.89. The van der Waals surface area contributed by atoms with Crippen molar-refractivity contribution in [2.24, 2.45) is 0 Å². The van der Waals surface area contributed by atoms with Crippen molar-refractivity contribution < 1.29 is 21.6 Å². The maximum absolute atomic E-state index is 12.3. The van der Waals surface area contributed by atoms with Crippen LogP contribution in [0, 0.1) is 0 Å². The highest BCUT2D eigenvalue weighted by atomic mass is 32.2. The number of alkyl halides is 3. The van der Waals surface area contributed by atoms with E-state index in [1.165, 1.54) is 13.5 Å². The largest absolute Gasteiger partial charge is 0.401 e. The van der Waals surface area contributed by atoms with Crippen LogP contribution in [-0.2, 0) is 10.2 Å². The highest BCUT2D eigenvalue weighted by Gasteiger charge is 2.36. The molecule has 2 heterocycles. The normalized spacial score (nSPS) is 24.9. The summed E-state index contributed by atoms with van der Waals surface area (Å²) in [7, 11) is -3.49. The zero-order valence-corrected chi connectivity index (χ0v) is 12.1. The van der Waals surface area contributed by atoms with Crippen molar-refractivity contribution in [1.29, 1.82) is 0 Å². The first-order valence-corrected chi connectivity index (χ1v) is 8.23. The molecule has 5 nitrogen and oxygen atoms in total. The lowest BCUT2D eigenvalue weighted by molar-refractivity contribution is -0.148. The molecule has 0 atom stereocenters. The van der Waals surface area contributed by atoms with Crippen LogP contribution in [0.3, 0.4) is 0 Å². The van der Waals surface area contributed by atoms with Gasteiger partial charge < -0.3 is 0 Å². The van der Waals surface area contributed by atoms with Crippen LogP contribution < -0.4 is 0 Å². The maximum Gasteiger partial charge on any atom is 0.401 e. The average molecular weight is 315 g/mol. The number of piperazine rings is 1. The van der Waals surface area contributed by atoms with Crippen LogP contribution in [-0.4, -0.2) is 73.9 Å². The van der Waals surface area contributed by atoms with Gasteiger partial charge in [0.05, 0.1) is 6.54 Å². The number of nitrogens with zero attached hydrogens (tertiary/aromatic N) is 3. The Morgan fingerprint density at radius 3 is 1.80 bits per heavy atom. The molecule has 0 aliphatic carbocycles. The quantitative estimate of drug-likeness (QED) is 0.777. The van der Waals surface area contributed by atoms with Crippen molar-refractivity contribution in [1.82, 2.24) is 13.5 Å². The molecule has 0 amide bonds. The molecular weight excluding hydrogens is 295 g/mol. The molecule has 118 valence electrons. The molecule has 9 heteroatoms. The van der Waals surface area contributed by atoms with Crippen LogP contribution in [0.2, 0.25) is 0 Å². The molecule has 0 aromatic heterocycles. The van der Waals surface area contributed by atoms with E-state index in [1.54, 1.807) is 0 Å². The third-order valence-corrected chi connectivity index (χ3v) is 5.74. The highest BCUT2D eigenvalue weighted by molar-refractivity contribution is 7.86. The van der Waals surface area contributed by atoms with Gasteiger partial charge in [-0.1, -0.05) is 6.42 Å². The summed E-state index contributed by atoms with van der Waals surface area (Å²) in [6, 6.07) is 0. The van der Waals surface area contributed by atoms with Gasteiger partial charge in [0.25, 0.3) is 10.2 Å². The summed E-state index contributed by atoms with van der Waals surface area (Å²) in [5.41, 5.74) is 0. The lowest BCUT2D eigenvalue weighted by Crippen LogP contribution is -2.54. The van der Waals surface area contributed by atoms with E-state index in [4.69, 9.17) is 0 Å². The Morgan fingerprint density at radius 2 is 1.30 bits per heavy atom. The fourth-order valence-corrected chi connectivity index (χ4v) is 4.30. The number of hydrogen-bond donors (Lipinski definition) is 0. The fraction of sp³-hybridized carbons (Fsp3) is 1.00. The van der Waals surface area contributed by atoms with Crippen molar-refractivity contribution in [3.63, 3.8) is 0 Å². The zero-order chi connectivity index (χ0) is 14.8. The Morgan fingerprint density at radius 1 is 0.800 bits per heavy atom.